The Labute approximate surface area is 109 Å². The third-order valence-electron chi connectivity index (χ3n) is 2.39. The lowest BCUT2D eigenvalue weighted by Gasteiger charge is -2.02. The minimum atomic E-state index is 0.408. The van der Waals surface area contributed by atoms with Crippen molar-refractivity contribution in [3.63, 3.8) is 0 Å². The summed E-state index contributed by atoms with van der Waals surface area (Å²) in [6.07, 6.45) is 0. The molecule has 4 nitrogen and oxygen atoms in total. The van der Waals surface area contributed by atoms with Gasteiger partial charge in [0, 0.05) is 17.8 Å². The molecule has 6 heteroatoms. The first-order valence-electron chi connectivity index (χ1n) is 5.16. The summed E-state index contributed by atoms with van der Waals surface area (Å²) in [4.78, 5) is 0. The molecule has 0 atom stereocenters. The summed E-state index contributed by atoms with van der Waals surface area (Å²) in [6, 6.07) is 7.80. The van der Waals surface area contributed by atoms with Crippen molar-refractivity contribution in [1.82, 2.24) is 14.8 Å². The van der Waals surface area contributed by atoms with Crippen LogP contribution in [0.5, 0.6) is 0 Å². The predicted molar refractivity (Wildman–Crippen MR) is 69.9 cm³/mol. The number of nitrogens with zero attached hydrogens (tertiary/aromatic N) is 3. The molecule has 90 valence electrons. The summed E-state index contributed by atoms with van der Waals surface area (Å²) in [6.45, 7) is 0.408. The monoisotopic (exact) mass is 268 g/mol. The van der Waals surface area contributed by atoms with Crippen molar-refractivity contribution in [3.8, 4) is 0 Å². The van der Waals surface area contributed by atoms with Gasteiger partial charge in [-0.3, -0.25) is 0 Å². The average Bonchev–Trinajstić information content (AvgIpc) is 2.69. The third-order valence-corrected chi connectivity index (χ3v) is 3.73. The number of nitrogens with two attached hydrogens (primary N) is 1. The van der Waals surface area contributed by atoms with Gasteiger partial charge in [0.2, 0.25) is 0 Å². The summed E-state index contributed by atoms with van der Waals surface area (Å²) in [5, 5.41) is 9.72. The highest BCUT2D eigenvalue weighted by Crippen LogP contribution is 2.21. The van der Waals surface area contributed by atoms with Crippen molar-refractivity contribution < 1.29 is 0 Å². The average molecular weight is 269 g/mol. The quantitative estimate of drug-likeness (QED) is 0.864. The van der Waals surface area contributed by atoms with Crippen LogP contribution in [0.4, 0.5) is 0 Å². The van der Waals surface area contributed by atoms with Gasteiger partial charge in [0.15, 0.2) is 5.16 Å². The van der Waals surface area contributed by atoms with Gasteiger partial charge in [-0.1, -0.05) is 35.5 Å². The van der Waals surface area contributed by atoms with Gasteiger partial charge in [0.05, 0.1) is 6.54 Å². The summed E-state index contributed by atoms with van der Waals surface area (Å²) < 4.78 is 1.92. The van der Waals surface area contributed by atoms with E-state index in [2.05, 4.69) is 10.2 Å². The van der Waals surface area contributed by atoms with Gasteiger partial charge in [-0.05, 0) is 17.7 Å². The zero-order chi connectivity index (χ0) is 12.3. The zero-order valence-electron chi connectivity index (χ0n) is 9.43. The van der Waals surface area contributed by atoms with E-state index < -0.39 is 0 Å². The smallest absolute Gasteiger partial charge is 0.191 e. The Morgan fingerprint density at radius 1 is 1.29 bits per heavy atom. The first-order chi connectivity index (χ1) is 8.20. The first kappa shape index (κ1) is 12.4. The molecule has 0 saturated heterocycles. The molecule has 0 unspecified atom stereocenters. The third kappa shape index (κ3) is 3.00. The number of hydrogen-bond acceptors (Lipinski definition) is 4. The Morgan fingerprint density at radius 3 is 2.59 bits per heavy atom. The van der Waals surface area contributed by atoms with Crippen LogP contribution in [0.2, 0.25) is 5.02 Å². The van der Waals surface area contributed by atoms with Crippen molar-refractivity contribution >= 4 is 23.4 Å². The standard InChI is InChI=1S/C11H13ClN4S/c1-16-10(6-13)14-15-11(16)17-7-8-2-4-9(12)5-3-8/h2-5H,6-7,13H2,1H3. The summed E-state index contributed by atoms with van der Waals surface area (Å²) in [5.41, 5.74) is 6.75. The van der Waals surface area contributed by atoms with Crippen molar-refractivity contribution in [3.05, 3.63) is 40.7 Å². The second-order valence-electron chi connectivity index (χ2n) is 3.58. The van der Waals surface area contributed by atoms with Crippen LogP contribution >= 0.6 is 23.4 Å². The van der Waals surface area contributed by atoms with Crippen LogP contribution in [0.15, 0.2) is 29.4 Å². The summed E-state index contributed by atoms with van der Waals surface area (Å²) >= 11 is 7.46. The lowest BCUT2D eigenvalue weighted by Crippen LogP contribution is -2.05. The van der Waals surface area contributed by atoms with E-state index in [1.165, 1.54) is 5.56 Å². The normalized spacial score (nSPS) is 10.8. The van der Waals surface area contributed by atoms with Crippen molar-refractivity contribution in [2.75, 3.05) is 0 Å². The molecule has 2 N–H and O–H groups in total. The van der Waals surface area contributed by atoms with Gasteiger partial charge >= 0.3 is 0 Å². The SMILES string of the molecule is Cn1c(CN)nnc1SCc1ccc(Cl)cc1. The Morgan fingerprint density at radius 2 is 2.00 bits per heavy atom. The van der Waals surface area contributed by atoms with Crippen LogP contribution in [0, 0.1) is 0 Å². The van der Waals surface area contributed by atoms with E-state index in [-0.39, 0.29) is 0 Å². The van der Waals surface area contributed by atoms with Gasteiger partial charge in [0.1, 0.15) is 5.82 Å². The molecule has 0 amide bonds. The molecule has 0 bridgehead atoms. The Bertz CT molecular complexity index is 495. The largest absolute Gasteiger partial charge is 0.324 e. The highest BCUT2D eigenvalue weighted by Gasteiger charge is 2.07. The highest BCUT2D eigenvalue weighted by molar-refractivity contribution is 7.98. The molecule has 2 aromatic rings. The van der Waals surface area contributed by atoms with Crippen LogP contribution in [0.1, 0.15) is 11.4 Å². The minimum Gasteiger partial charge on any atom is -0.324 e. The minimum absolute atomic E-state index is 0.408. The maximum Gasteiger partial charge on any atom is 0.191 e. The van der Waals surface area contributed by atoms with Crippen molar-refractivity contribution in [1.29, 1.82) is 0 Å². The molecule has 1 heterocycles. The van der Waals surface area contributed by atoms with Crippen molar-refractivity contribution in [2.24, 2.45) is 12.8 Å². The van der Waals surface area contributed by atoms with Gasteiger partial charge in [0.25, 0.3) is 0 Å². The van der Waals surface area contributed by atoms with Crippen LogP contribution in [-0.4, -0.2) is 14.8 Å². The van der Waals surface area contributed by atoms with Gasteiger partial charge in [-0.15, -0.1) is 10.2 Å². The lowest BCUT2D eigenvalue weighted by molar-refractivity contribution is 0.734. The van der Waals surface area contributed by atoms with Crippen LogP contribution < -0.4 is 5.73 Å². The molecule has 0 spiro atoms. The fourth-order valence-corrected chi connectivity index (χ4v) is 2.39. The van der Waals surface area contributed by atoms with Crippen LogP contribution in [0.3, 0.4) is 0 Å². The van der Waals surface area contributed by atoms with Gasteiger partial charge in [-0.25, -0.2) is 0 Å². The molecule has 0 radical (unpaired) electrons. The number of thioether (sulfide) groups is 1. The number of benzene rings is 1. The Balaban J connectivity index is 2.02. The molecule has 0 aliphatic rings. The van der Waals surface area contributed by atoms with Gasteiger partial charge < -0.3 is 10.3 Å². The summed E-state index contributed by atoms with van der Waals surface area (Å²) in [5.74, 6) is 1.64. The molecule has 1 aromatic heterocycles. The van der Waals surface area contributed by atoms with Gasteiger partial charge in [-0.2, -0.15) is 0 Å². The maximum atomic E-state index is 5.83. The van der Waals surface area contributed by atoms with E-state index in [9.17, 15) is 0 Å². The van der Waals surface area contributed by atoms with E-state index in [0.29, 0.717) is 6.54 Å². The molecule has 0 aliphatic heterocycles. The fourth-order valence-electron chi connectivity index (χ4n) is 1.38. The first-order valence-corrected chi connectivity index (χ1v) is 6.52. The Hall–Kier alpha value is -1.04. The fraction of sp³-hybridized carbons (Fsp3) is 0.273. The predicted octanol–water partition coefficient (Wildman–Crippen LogP) is 2.22. The molecule has 2 rings (SSSR count). The van der Waals surface area contributed by atoms with Crippen LogP contribution in [-0.2, 0) is 19.3 Å². The molecular weight excluding hydrogens is 256 g/mol. The zero-order valence-corrected chi connectivity index (χ0v) is 11.0. The van der Waals surface area contributed by atoms with E-state index in [0.717, 1.165) is 21.8 Å². The highest BCUT2D eigenvalue weighted by atomic mass is 35.5. The van der Waals surface area contributed by atoms with E-state index in [4.69, 9.17) is 17.3 Å². The number of hydrogen-bond donors (Lipinski definition) is 1. The topological polar surface area (TPSA) is 56.7 Å². The van der Waals surface area contributed by atoms with E-state index >= 15 is 0 Å². The molecule has 0 aliphatic carbocycles. The number of rotatable bonds is 4. The second kappa shape index (κ2) is 5.53. The van der Waals surface area contributed by atoms with Crippen molar-refractivity contribution in [2.45, 2.75) is 17.5 Å². The van der Waals surface area contributed by atoms with E-state index in [1.807, 2.05) is 35.9 Å². The second-order valence-corrected chi connectivity index (χ2v) is 4.96. The molecule has 0 fully saturated rings. The van der Waals surface area contributed by atoms with Crippen LogP contribution in [0.25, 0.3) is 0 Å². The molecular formula is C11H13ClN4S. The lowest BCUT2D eigenvalue weighted by atomic mass is 10.2. The van der Waals surface area contributed by atoms with E-state index in [1.54, 1.807) is 11.8 Å². The molecule has 0 saturated carbocycles. The number of aromatic nitrogens is 3. The summed E-state index contributed by atoms with van der Waals surface area (Å²) in [7, 11) is 1.92. The molecule has 1 aromatic carbocycles. The maximum absolute atomic E-state index is 5.83. The molecule has 17 heavy (non-hydrogen) atoms. The Kier molecular flexibility index (Phi) is 4.04. The number of halogens is 1.